The summed E-state index contributed by atoms with van der Waals surface area (Å²) in [6, 6.07) is 11.5. The molecule has 0 aliphatic carbocycles. The summed E-state index contributed by atoms with van der Waals surface area (Å²) in [5.41, 5.74) is 9.54. The van der Waals surface area contributed by atoms with Crippen molar-refractivity contribution in [1.82, 2.24) is 4.90 Å². The first-order chi connectivity index (χ1) is 14.6. The average Bonchev–Trinajstić information content (AvgIpc) is 2.90. The van der Waals surface area contributed by atoms with E-state index in [1.165, 1.54) is 59.5 Å². The fourth-order valence-corrected chi connectivity index (χ4v) is 6.42. The Bertz CT molecular complexity index is 965. The van der Waals surface area contributed by atoms with Crippen LogP contribution in [0.2, 0.25) is 0 Å². The number of Topliss-reactive ketones (excluding diaryl/α,β-unsaturated/α-hetero) is 1. The lowest BCUT2D eigenvalue weighted by atomic mass is 9.89. The second-order valence-electron chi connectivity index (χ2n) is 8.61. The lowest BCUT2D eigenvalue weighted by molar-refractivity contribution is 0.0971. The Labute approximate surface area is 181 Å². The number of hydrogen-bond donors (Lipinski definition) is 1. The fraction of sp³-hybridized carbons (Fsp3) is 0.458. The number of likely N-dealkylation sites (tertiary alicyclic amines) is 1. The number of hydrogen-bond acceptors (Lipinski definition) is 5. The van der Waals surface area contributed by atoms with E-state index >= 15 is 0 Å². The molecular formula is C24H28FN3OS. The third-order valence-electron chi connectivity index (χ3n) is 6.77. The zero-order valence-corrected chi connectivity index (χ0v) is 18.0. The summed E-state index contributed by atoms with van der Waals surface area (Å²) in [5, 5.41) is 0. The Balaban J connectivity index is 1.23. The molecule has 0 aromatic heterocycles. The maximum atomic E-state index is 13.5. The van der Waals surface area contributed by atoms with E-state index in [0.29, 0.717) is 29.6 Å². The van der Waals surface area contributed by atoms with Crippen LogP contribution in [0.3, 0.4) is 0 Å². The van der Waals surface area contributed by atoms with Crippen LogP contribution in [0.25, 0.3) is 0 Å². The molecule has 6 heteroatoms. The molecule has 0 saturated carbocycles. The molecule has 0 radical (unpaired) electrons. The molecule has 2 aromatic rings. The first-order valence-electron chi connectivity index (χ1n) is 10.9. The van der Waals surface area contributed by atoms with Crippen LogP contribution < -0.4 is 10.6 Å². The zero-order valence-electron chi connectivity index (χ0n) is 17.1. The minimum absolute atomic E-state index is 0.0666. The summed E-state index contributed by atoms with van der Waals surface area (Å²) < 4.78 is 13.5. The van der Waals surface area contributed by atoms with Gasteiger partial charge in [0.15, 0.2) is 5.78 Å². The normalized spacial score (nSPS) is 23.0. The van der Waals surface area contributed by atoms with Crippen LogP contribution in [-0.4, -0.2) is 48.7 Å². The number of fused-ring (bicyclic) bond motifs is 3. The molecule has 3 aliphatic rings. The lowest BCUT2D eigenvalue weighted by Gasteiger charge is -2.39. The van der Waals surface area contributed by atoms with Crippen LogP contribution in [0.15, 0.2) is 41.3 Å². The molecule has 0 unspecified atom stereocenters. The summed E-state index contributed by atoms with van der Waals surface area (Å²) in [4.78, 5) is 19.1. The number of carbonyl (C=O) groups is 1. The lowest BCUT2D eigenvalue weighted by Crippen LogP contribution is -2.46. The standard InChI is InChI=1S/C24H28FN3OS/c25-16-7-8-20(26)18(14-16)22(29)5-2-10-27-12-9-21-19(15-27)17-4-1-6-23-24(17)28(21)11-3-13-30-23/h1,4,6-8,14,19,21H,2-3,5,9-13,15,26H2/t19-,21-/m0/s1. The van der Waals surface area contributed by atoms with E-state index in [0.717, 1.165) is 26.1 Å². The molecule has 5 rings (SSSR count). The number of carbonyl (C=O) groups excluding carboxylic acids is 1. The molecule has 2 atom stereocenters. The SMILES string of the molecule is Nc1ccc(F)cc1C(=O)CCCN1CC[C@H]2[C@@H](C1)c1cccc3c1N2CCCS3. The van der Waals surface area contributed by atoms with Crippen molar-refractivity contribution in [3.8, 4) is 0 Å². The fourth-order valence-electron chi connectivity index (χ4n) is 5.38. The monoisotopic (exact) mass is 425 g/mol. The van der Waals surface area contributed by atoms with Crippen LogP contribution in [0.5, 0.6) is 0 Å². The Morgan fingerprint density at radius 2 is 2.13 bits per heavy atom. The van der Waals surface area contributed by atoms with E-state index in [1.54, 1.807) is 0 Å². The van der Waals surface area contributed by atoms with E-state index in [1.807, 2.05) is 11.8 Å². The van der Waals surface area contributed by atoms with Gasteiger partial charge in [-0.1, -0.05) is 12.1 Å². The van der Waals surface area contributed by atoms with Gasteiger partial charge in [0, 0.05) is 54.2 Å². The van der Waals surface area contributed by atoms with Crippen LogP contribution >= 0.6 is 11.8 Å². The first-order valence-corrected chi connectivity index (χ1v) is 11.9. The number of nitrogen functional groups attached to an aromatic ring is 1. The van der Waals surface area contributed by atoms with Crippen molar-refractivity contribution in [2.75, 3.05) is 42.6 Å². The summed E-state index contributed by atoms with van der Waals surface area (Å²) in [5.74, 6) is 1.29. The van der Waals surface area contributed by atoms with Gasteiger partial charge in [-0.2, -0.15) is 0 Å². The molecule has 4 nitrogen and oxygen atoms in total. The van der Waals surface area contributed by atoms with Crippen LogP contribution in [0, 0.1) is 5.82 Å². The molecule has 3 heterocycles. The molecule has 1 saturated heterocycles. The van der Waals surface area contributed by atoms with Crippen LogP contribution in [0.1, 0.15) is 47.5 Å². The van der Waals surface area contributed by atoms with E-state index < -0.39 is 5.82 Å². The predicted octanol–water partition coefficient (Wildman–Crippen LogP) is 4.54. The summed E-state index contributed by atoms with van der Waals surface area (Å²) >= 11 is 2.00. The summed E-state index contributed by atoms with van der Waals surface area (Å²) in [7, 11) is 0. The van der Waals surface area contributed by atoms with E-state index in [2.05, 4.69) is 28.0 Å². The van der Waals surface area contributed by atoms with Crippen LogP contribution in [-0.2, 0) is 0 Å². The minimum Gasteiger partial charge on any atom is -0.398 e. The van der Waals surface area contributed by atoms with Crippen molar-refractivity contribution in [1.29, 1.82) is 0 Å². The Hall–Kier alpha value is -2.05. The largest absolute Gasteiger partial charge is 0.398 e. The van der Waals surface area contributed by atoms with Crippen molar-refractivity contribution in [2.45, 2.75) is 42.5 Å². The first kappa shape index (κ1) is 19.9. The summed E-state index contributed by atoms with van der Waals surface area (Å²) in [6.07, 6.45) is 3.60. The third-order valence-corrected chi connectivity index (χ3v) is 7.91. The van der Waals surface area contributed by atoms with Gasteiger partial charge in [0.05, 0.1) is 5.69 Å². The van der Waals surface area contributed by atoms with Gasteiger partial charge in [-0.15, -0.1) is 11.8 Å². The number of piperidine rings is 1. The maximum absolute atomic E-state index is 13.5. The third kappa shape index (κ3) is 3.60. The maximum Gasteiger partial charge on any atom is 0.165 e. The van der Waals surface area contributed by atoms with E-state index in [9.17, 15) is 9.18 Å². The number of anilines is 2. The number of halogens is 1. The number of nitrogens with zero attached hydrogens (tertiary/aromatic N) is 2. The highest BCUT2D eigenvalue weighted by Gasteiger charge is 2.43. The highest BCUT2D eigenvalue weighted by molar-refractivity contribution is 7.99. The number of ketones is 1. The van der Waals surface area contributed by atoms with Gasteiger partial charge in [-0.25, -0.2) is 4.39 Å². The Morgan fingerprint density at radius 3 is 3.03 bits per heavy atom. The molecule has 30 heavy (non-hydrogen) atoms. The molecule has 0 spiro atoms. The molecule has 1 fully saturated rings. The Morgan fingerprint density at radius 1 is 1.23 bits per heavy atom. The van der Waals surface area contributed by atoms with Crippen molar-refractivity contribution in [3.05, 3.63) is 53.3 Å². The predicted molar refractivity (Wildman–Crippen MR) is 121 cm³/mol. The molecule has 2 N–H and O–H groups in total. The van der Waals surface area contributed by atoms with Gasteiger partial charge in [0.25, 0.3) is 0 Å². The second kappa shape index (κ2) is 8.23. The van der Waals surface area contributed by atoms with Crippen LogP contribution in [0.4, 0.5) is 15.8 Å². The minimum atomic E-state index is -0.412. The average molecular weight is 426 g/mol. The highest BCUT2D eigenvalue weighted by atomic mass is 32.2. The molecular weight excluding hydrogens is 397 g/mol. The van der Waals surface area contributed by atoms with Crippen molar-refractivity contribution >= 4 is 28.9 Å². The number of nitrogens with two attached hydrogens (primary N) is 1. The molecule has 158 valence electrons. The quantitative estimate of drug-likeness (QED) is 0.563. The number of thioether (sulfide) groups is 1. The number of benzene rings is 2. The second-order valence-corrected chi connectivity index (χ2v) is 9.75. The van der Waals surface area contributed by atoms with Gasteiger partial charge in [0.2, 0.25) is 0 Å². The molecule has 0 amide bonds. The van der Waals surface area contributed by atoms with E-state index in [4.69, 9.17) is 5.73 Å². The zero-order chi connectivity index (χ0) is 20.7. The van der Waals surface area contributed by atoms with Crippen molar-refractivity contribution < 1.29 is 9.18 Å². The van der Waals surface area contributed by atoms with Gasteiger partial charge < -0.3 is 15.5 Å². The topological polar surface area (TPSA) is 49.6 Å². The van der Waals surface area contributed by atoms with Gasteiger partial charge >= 0.3 is 0 Å². The van der Waals surface area contributed by atoms with E-state index in [-0.39, 0.29) is 5.78 Å². The molecule has 3 aliphatic heterocycles. The van der Waals surface area contributed by atoms with Crippen molar-refractivity contribution in [2.24, 2.45) is 0 Å². The number of para-hydroxylation sites is 1. The molecule has 2 aromatic carbocycles. The Kier molecular flexibility index (Phi) is 5.46. The highest BCUT2D eigenvalue weighted by Crippen LogP contribution is 2.50. The number of rotatable bonds is 5. The van der Waals surface area contributed by atoms with Gasteiger partial charge in [0.1, 0.15) is 5.82 Å². The van der Waals surface area contributed by atoms with Crippen molar-refractivity contribution in [3.63, 3.8) is 0 Å². The molecule has 0 bridgehead atoms. The van der Waals surface area contributed by atoms with Gasteiger partial charge in [-0.05, 0) is 61.4 Å². The van der Waals surface area contributed by atoms with Gasteiger partial charge in [-0.3, -0.25) is 4.79 Å². The summed E-state index contributed by atoms with van der Waals surface area (Å²) in [6.45, 7) is 4.19. The smallest absolute Gasteiger partial charge is 0.165 e.